The van der Waals surface area contributed by atoms with Crippen molar-refractivity contribution in [3.05, 3.63) is 60.5 Å². The number of benzene rings is 1. The molecule has 1 aromatic carbocycles. The first-order chi connectivity index (χ1) is 15.5. The number of hydrogen-bond acceptors (Lipinski definition) is 7. The maximum Gasteiger partial charge on any atom is 0.246 e. The summed E-state index contributed by atoms with van der Waals surface area (Å²) in [6, 6.07) is 9.35. The number of fused-ring (bicyclic) bond motifs is 2. The summed E-state index contributed by atoms with van der Waals surface area (Å²) in [5.74, 6) is 1.13. The number of hydrogen-bond donors (Lipinski definition) is 1. The van der Waals surface area contributed by atoms with Crippen molar-refractivity contribution in [2.45, 2.75) is 0 Å². The molecular formula is C23H20ClN7O. The molecule has 0 unspecified atom stereocenters. The Morgan fingerprint density at radius 3 is 2.72 bits per heavy atom. The van der Waals surface area contributed by atoms with Crippen LogP contribution in [-0.4, -0.2) is 56.9 Å². The second kappa shape index (κ2) is 8.05. The van der Waals surface area contributed by atoms with E-state index in [1.54, 1.807) is 23.5 Å². The SMILES string of the molecule is C=CC(=O)N1CCN(c2ncnc3cc(-c4nc(N)cc5cccnc45)c(Cl)cc23)CC1. The third kappa shape index (κ3) is 3.48. The number of amides is 1. The molecule has 1 aliphatic rings. The van der Waals surface area contributed by atoms with E-state index < -0.39 is 0 Å². The van der Waals surface area contributed by atoms with Crippen molar-refractivity contribution in [2.75, 3.05) is 36.8 Å². The number of pyridine rings is 2. The van der Waals surface area contributed by atoms with E-state index in [1.807, 2.05) is 24.3 Å². The highest BCUT2D eigenvalue weighted by atomic mass is 35.5. The highest BCUT2D eigenvalue weighted by Gasteiger charge is 2.23. The minimum Gasteiger partial charge on any atom is -0.384 e. The summed E-state index contributed by atoms with van der Waals surface area (Å²) in [5.41, 5.74) is 8.83. The van der Waals surface area contributed by atoms with Crippen molar-refractivity contribution in [1.29, 1.82) is 0 Å². The number of nitrogens with zero attached hydrogens (tertiary/aromatic N) is 6. The predicted octanol–water partition coefficient (Wildman–Crippen LogP) is 3.31. The van der Waals surface area contributed by atoms with Gasteiger partial charge in [0.05, 0.1) is 16.1 Å². The first-order valence-electron chi connectivity index (χ1n) is 10.2. The second-order valence-corrected chi connectivity index (χ2v) is 7.94. The lowest BCUT2D eigenvalue weighted by Gasteiger charge is -2.35. The fraction of sp³-hybridized carbons (Fsp3) is 0.174. The van der Waals surface area contributed by atoms with Gasteiger partial charge in [0.25, 0.3) is 0 Å². The van der Waals surface area contributed by atoms with Crippen LogP contribution in [0.2, 0.25) is 5.02 Å². The van der Waals surface area contributed by atoms with Gasteiger partial charge in [0, 0.05) is 48.7 Å². The van der Waals surface area contributed by atoms with Crippen LogP contribution in [0, 0.1) is 0 Å². The average Bonchev–Trinajstić information content (AvgIpc) is 2.82. The van der Waals surface area contributed by atoms with Gasteiger partial charge >= 0.3 is 0 Å². The highest BCUT2D eigenvalue weighted by Crippen LogP contribution is 2.36. The molecule has 0 spiro atoms. The molecule has 32 heavy (non-hydrogen) atoms. The Bertz CT molecular complexity index is 1370. The topological polar surface area (TPSA) is 101 Å². The number of halogens is 1. The van der Waals surface area contributed by atoms with Crippen LogP contribution in [0.1, 0.15) is 0 Å². The van der Waals surface area contributed by atoms with Crippen molar-refractivity contribution >= 4 is 50.9 Å². The van der Waals surface area contributed by atoms with Crippen LogP contribution in [0.5, 0.6) is 0 Å². The van der Waals surface area contributed by atoms with E-state index in [1.165, 1.54) is 6.08 Å². The molecule has 5 rings (SSSR count). The maximum atomic E-state index is 11.9. The van der Waals surface area contributed by atoms with E-state index in [2.05, 4.69) is 31.4 Å². The minimum absolute atomic E-state index is 0.0552. The smallest absolute Gasteiger partial charge is 0.246 e. The van der Waals surface area contributed by atoms with Crippen LogP contribution in [0.15, 0.2) is 55.5 Å². The van der Waals surface area contributed by atoms with Crippen molar-refractivity contribution < 1.29 is 4.79 Å². The summed E-state index contributed by atoms with van der Waals surface area (Å²) in [4.78, 5) is 33.8. The number of nitrogen functional groups attached to an aromatic ring is 1. The lowest BCUT2D eigenvalue weighted by molar-refractivity contribution is -0.126. The molecule has 3 aromatic heterocycles. The first kappa shape index (κ1) is 20.1. The molecule has 0 radical (unpaired) electrons. The summed E-state index contributed by atoms with van der Waals surface area (Å²) in [6.45, 7) is 6.10. The molecule has 0 aliphatic carbocycles. The maximum absolute atomic E-state index is 11.9. The van der Waals surface area contributed by atoms with Crippen LogP contribution in [0.3, 0.4) is 0 Å². The Kier molecular flexibility index (Phi) is 5.07. The number of piperazine rings is 1. The van der Waals surface area contributed by atoms with Gasteiger partial charge in [0.15, 0.2) is 0 Å². The van der Waals surface area contributed by atoms with Gasteiger partial charge in [-0.3, -0.25) is 9.78 Å². The Morgan fingerprint density at radius 1 is 1.12 bits per heavy atom. The van der Waals surface area contributed by atoms with E-state index in [4.69, 9.17) is 17.3 Å². The normalized spacial score (nSPS) is 14.2. The molecule has 4 heterocycles. The number of aromatic nitrogens is 4. The van der Waals surface area contributed by atoms with Crippen LogP contribution < -0.4 is 10.6 Å². The molecule has 0 atom stereocenters. The molecule has 1 amide bonds. The van der Waals surface area contributed by atoms with E-state index in [-0.39, 0.29) is 5.91 Å². The molecule has 1 saturated heterocycles. The minimum atomic E-state index is -0.0552. The van der Waals surface area contributed by atoms with E-state index in [0.717, 1.165) is 27.6 Å². The molecule has 0 bridgehead atoms. The quantitative estimate of drug-likeness (QED) is 0.482. The molecule has 9 heteroatoms. The van der Waals surface area contributed by atoms with Crippen molar-refractivity contribution in [3.63, 3.8) is 0 Å². The number of nitrogens with two attached hydrogens (primary N) is 1. The number of rotatable bonds is 3. The van der Waals surface area contributed by atoms with Gasteiger partial charge in [-0.2, -0.15) is 0 Å². The van der Waals surface area contributed by atoms with Crippen molar-refractivity contribution in [3.8, 4) is 11.3 Å². The zero-order valence-corrected chi connectivity index (χ0v) is 18.0. The molecule has 2 N–H and O–H groups in total. The second-order valence-electron chi connectivity index (χ2n) is 7.53. The largest absolute Gasteiger partial charge is 0.384 e. The summed E-state index contributed by atoms with van der Waals surface area (Å²) in [7, 11) is 0. The van der Waals surface area contributed by atoms with Gasteiger partial charge in [-0.15, -0.1) is 0 Å². The van der Waals surface area contributed by atoms with E-state index in [0.29, 0.717) is 48.3 Å². The fourth-order valence-corrected chi connectivity index (χ4v) is 4.31. The zero-order valence-electron chi connectivity index (χ0n) is 17.2. The summed E-state index contributed by atoms with van der Waals surface area (Å²) in [6.07, 6.45) is 4.61. The molecular weight excluding hydrogens is 426 g/mol. The Morgan fingerprint density at radius 2 is 1.94 bits per heavy atom. The summed E-state index contributed by atoms with van der Waals surface area (Å²) >= 11 is 6.74. The lowest BCUT2D eigenvalue weighted by Crippen LogP contribution is -2.48. The van der Waals surface area contributed by atoms with Gasteiger partial charge in [-0.25, -0.2) is 15.0 Å². The Balaban J connectivity index is 1.57. The average molecular weight is 446 g/mol. The number of carbonyl (C=O) groups excluding carboxylic acids is 1. The molecule has 0 saturated carbocycles. The fourth-order valence-electron chi connectivity index (χ4n) is 4.06. The van der Waals surface area contributed by atoms with Crippen LogP contribution in [-0.2, 0) is 4.79 Å². The summed E-state index contributed by atoms with van der Waals surface area (Å²) < 4.78 is 0. The molecule has 1 fully saturated rings. The van der Waals surface area contributed by atoms with Crippen LogP contribution in [0.25, 0.3) is 33.1 Å². The molecule has 4 aromatic rings. The van der Waals surface area contributed by atoms with Gasteiger partial charge in [-0.05, 0) is 30.3 Å². The van der Waals surface area contributed by atoms with Gasteiger partial charge in [0.2, 0.25) is 5.91 Å². The number of carbonyl (C=O) groups is 1. The van der Waals surface area contributed by atoms with Gasteiger partial charge < -0.3 is 15.5 Å². The Labute approximate surface area is 189 Å². The van der Waals surface area contributed by atoms with E-state index in [9.17, 15) is 4.79 Å². The number of anilines is 2. The van der Waals surface area contributed by atoms with E-state index >= 15 is 0 Å². The van der Waals surface area contributed by atoms with Crippen LogP contribution in [0.4, 0.5) is 11.6 Å². The van der Waals surface area contributed by atoms with Gasteiger partial charge in [-0.1, -0.05) is 24.2 Å². The first-order valence-corrected chi connectivity index (χ1v) is 10.5. The van der Waals surface area contributed by atoms with Crippen molar-refractivity contribution in [1.82, 2.24) is 24.8 Å². The van der Waals surface area contributed by atoms with Crippen LogP contribution >= 0.6 is 11.6 Å². The standard InChI is InChI=1S/C23H20ClN7O/c1-2-20(32)30-6-8-31(9-7-30)23-16-11-17(24)15(12-18(16)27-13-28-23)22-21-14(4-3-5-26-21)10-19(25)29-22/h2-5,10-13H,1,6-9H2,(H2,25,29). The highest BCUT2D eigenvalue weighted by molar-refractivity contribution is 6.34. The lowest BCUT2D eigenvalue weighted by atomic mass is 10.0. The zero-order chi connectivity index (χ0) is 22.2. The van der Waals surface area contributed by atoms with Crippen molar-refractivity contribution in [2.24, 2.45) is 0 Å². The predicted molar refractivity (Wildman–Crippen MR) is 126 cm³/mol. The monoisotopic (exact) mass is 445 g/mol. The Hall–Kier alpha value is -3.78. The molecule has 8 nitrogen and oxygen atoms in total. The van der Waals surface area contributed by atoms with Gasteiger partial charge in [0.1, 0.15) is 23.7 Å². The molecule has 1 aliphatic heterocycles. The summed E-state index contributed by atoms with van der Waals surface area (Å²) in [5, 5.41) is 2.24. The third-order valence-corrected chi connectivity index (χ3v) is 5.94. The molecule has 160 valence electrons. The third-order valence-electron chi connectivity index (χ3n) is 5.63.